The number of amides is 1. The van der Waals surface area contributed by atoms with E-state index in [1.165, 1.54) is 0 Å². The van der Waals surface area contributed by atoms with Crippen LogP contribution in [0.2, 0.25) is 0 Å². The maximum Gasteiger partial charge on any atom is 0.223 e. The zero-order valence-corrected chi connectivity index (χ0v) is 9.73. The molecule has 1 fully saturated rings. The predicted molar refractivity (Wildman–Crippen MR) is 60.8 cm³/mol. The van der Waals surface area contributed by atoms with E-state index in [-0.39, 0.29) is 23.8 Å². The largest absolute Gasteiger partial charge is 0.392 e. The number of hydrogen-bond donors (Lipinski definition) is 2. The summed E-state index contributed by atoms with van der Waals surface area (Å²) in [6.07, 6.45) is 0.994. The van der Waals surface area contributed by atoms with Crippen LogP contribution in [-0.2, 0) is 4.79 Å². The molecule has 1 saturated carbocycles. The van der Waals surface area contributed by atoms with Crippen LogP contribution < -0.4 is 11.1 Å². The molecule has 3 nitrogen and oxygen atoms in total. The molecule has 1 aliphatic carbocycles. The van der Waals surface area contributed by atoms with Crippen LogP contribution >= 0.6 is 12.2 Å². The van der Waals surface area contributed by atoms with Crippen molar-refractivity contribution in [1.29, 1.82) is 0 Å². The number of rotatable bonds is 4. The van der Waals surface area contributed by atoms with Crippen LogP contribution in [0.25, 0.3) is 0 Å². The Labute approximate surface area is 90.4 Å². The van der Waals surface area contributed by atoms with Gasteiger partial charge >= 0.3 is 0 Å². The maximum absolute atomic E-state index is 11.6. The summed E-state index contributed by atoms with van der Waals surface area (Å²) in [6.45, 7) is 6.08. The third kappa shape index (κ3) is 2.67. The lowest BCUT2D eigenvalue weighted by atomic mass is 10.0. The van der Waals surface area contributed by atoms with E-state index in [2.05, 4.69) is 12.2 Å². The van der Waals surface area contributed by atoms with Crippen LogP contribution in [0.5, 0.6) is 0 Å². The first kappa shape index (κ1) is 11.4. The molecule has 14 heavy (non-hydrogen) atoms. The van der Waals surface area contributed by atoms with Gasteiger partial charge < -0.3 is 11.1 Å². The summed E-state index contributed by atoms with van der Waals surface area (Å²) in [6, 6.07) is -0.162. The molecule has 4 heteroatoms. The fraction of sp³-hybridized carbons (Fsp3) is 0.800. The van der Waals surface area contributed by atoms with Gasteiger partial charge in [0, 0.05) is 5.92 Å². The Morgan fingerprint density at radius 3 is 2.36 bits per heavy atom. The molecule has 0 aliphatic heterocycles. The van der Waals surface area contributed by atoms with E-state index in [1.807, 2.05) is 13.8 Å². The average Bonchev–Trinajstić information content (AvgIpc) is 2.76. The number of hydrogen-bond acceptors (Lipinski definition) is 2. The van der Waals surface area contributed by atoms with Crippen molar-refractivity contribution in [3.63, 3.8) is 0 Å². The molecule has 0 heterocycles. The molecular weight excluding hydrogens is 196 g/mol. The Morgan fingerprint density at radius 1 is 1.57 bits per heavy atom. The predicted octanol–water partition coefficient (Wildman–Crippen LogP) is 1.07. The van der Waals surface area contributed by atoms with Crippen molar-refractivity contribution in [1.82, 2.24) is 5.32 Å². The Kier molecular flexibility index (Phi) is 3.48. The van der Waals surface area contributed by atoms with Crippen molar-refractivity contribution < 1.29 is 4.79 Å². The van der Waals surface area contributed by atoms with Crippen LogP contribution in [0.3, 0.4) is 0 Å². The van der Waals surface area contributed by atoms with Gasteiger partial charge in [0.25, 0.3) is 0 Å². The molecule has 0 radical (unpaired) electrons. The molecule has 0 aromatic rings. The lowest BCUT2D eigenvalue weighted by molar-refractivity contribution is -0.123. The van der Waals surface area contributed by atoms with Crippen molar-refractivity contribution >= 4 is 23.1 Å². The second-order valence-corrected chi connectivity index (χ2v) is 4.92. The molecule has 0 bridgehead atoms. The number of carbonyl (C=O) groups excluding carboxylic acids is 1. The molecule has 3 N–H and O–H groups in total. The maximum atomic E-state index is 11.6. The minimum atomic E-state index is -0.162. The third-order valence-electron chi connectivity index (χ3n) is 2.72. The first-order valence-electron chi connectivity index (χ1n) is 5.03. The Balaban J connectivity index is 2.47. The van der Waals surface area contributed by atoms with Gasteiger partial charge in [-0.15, -0.1) is 0 Å². The van der Waals surface area contributed by atoms with Gasteiger partial charge in [0.2, 0.25) is 5.91 Å². The summed E-state index contributed by atoms with van der Waals surface area (Å²) < 4.78 is 0. The number of nitrogens with one attached hydrogen (secondary N) is 1. The SMILES string of the molecule is CC(C)C(NC(=O)C1CC1C)C(N)=S. The van der Waals surface area contributed by atoms with Gasteiger partial charge in [-0.1, -0.05) is 33.0 Å². The highest BCUT2D eigenvalue weighted by molar-refractivity contribution is 7.80. The zero-order valence-electron chi connectivity index (χ0n) is 8.91. The van der Waals surface area contributed by atoms with E-state index in [0.29, 0.717) is 10.9 Å². The molecule has 0 spiro atoms. The standard InChI is InChI=1S/C10H18N2OS/c1-5(2)8(9(11)14)12-10(13)7-4-6(7)3/h5-8H,4H2,1-3H3,(H2,11,14)(H,12,13). The minimum absolute atomic E-state index is 0.101. The first-order chi connectivity index (χ1) is 6.43. The van der Waals surface area contributed by atoms with Gasteiger partial charge in [-0.3, -0.25) is 4.79 Å². The molecule has 80 valence electrons. The minimum Gasteiger partial charge on any atom is -0.392 e. The second-order valence-electron chi connectivity index (χ2n) is 4.45. The summed E-state index contributed by atoms with van der Waals surface area (Å²) in [7, 11) is 0. The lowest BCUT2D eigenvalue weighted by Gasteiger charge is -2.20. The van der Waals surface area contributed by atoms with E-state index in [1.54, 1.807) is 0 Å². The third-order valence-corrected chi connectivity index (χ3v) is 2.97. The van der Waals surface area contributed by atoms with E-state index in [9.17, 15) is 4.79 Å². The summed E-state index contributed by atoms with van der Waals surface area (Å²) >= 11 is 4.91. The van der Waals surface area contributed by atoms with Crippen LogP contribution in [0.15, 0.2) is 0 Å². The zero-order chi connectivity index (χ0) is 10.9. The highest BCUT2D eigenvalue weighted by atomic mass is 32.1. The fourth-order valence-corrected chi connectivity index (χ4v) is 1.85. The van der Waals surface area contributed by atoms with Crippen LogP contribution in [-0.4, -0.2) is 16.9 Å². The monoisotopic (exact) mass is 214 g/mol. The topological polar surface area (TPSA) is 55.1 Å². The second kappa shape index (κ2) is 4.26. The smallest absolute Gasteiger partial charge is 0.223 e. The highest BCUT2D eigenvalue weighted by Crippen LogP contribution is 2.37. The molecule has 0 aromatic heterocycles. The van der Waals surface area contributed by atoms with E-state index >= 15 is 0 Å². The lowest BCUT2D eigenvalue weighted by Crippen LogP contribution is -2.47. The summed E-state index contributed by atoms with van der Waals surface area (Å²) in [5.41, 5.74) is 5.56. The molecular formula is C10H18N2OS. The van der Waals surface area contributed by atoms with E-state index in [4.69, 9.17) is 18.0 Å². The Bertz CT molecular complexity index is 253. The molecule has 3 unspecified atom stereocenters. The number of thiocarbonyl (C=S) groups is 1. The van der Waals surface area contributed by atoms with Crippen LogP contribution in [0.4, 0.5) is 0 Å². The molecule has 0 aromatic carbocycles. The fourth-order valence-electron chi connectivity index (χ4n) is 1.51. The quantitative estimate of drug-likeness (QED) is 0.688. The first-order valence-corrected chi connectivity index (χ1v) is 5.44. The van der Waals surface area contributed by atoms with Gasteiger partial charge in [-0.25, -0.2) is 0 Å². The Morgan fingerprint density at radius 2 is 2.07 bits per heavy atom. The van der Waals surface area contributed by atoms with Crippen molar-refractivity contribution in [2.45, 2.75) is 33.2 Å². The van der Waals surface area contributed by atoms with E-state index in [0.717, 1.165) is 6.42 Å². The summed E-state index contributed by atoms with van der Waals surface area (Å²) in [5.74, 6) is 1.06. The van der Waals surface area contributed by atoms with Crippen LogP contribution in [0.1, 0.15) is 27.2 Å². The normalized spacial score (nSPS) is 27.1. The number of nitrogens with two attached hydrogens (primary N) is 1. The molecule has 1 aliphatic rings. The van der Waals surface area contributed by atoms with Crippen LogP contribution in [0, 0.1) is 17.8 Å². The van der Waals surface area contributed by atoms with Crippen molar-refractivity contribution in [3.05, 3.63) is 0 Å². The molecule has 0 saturated heterocycles. The van der Waals surface area contributed by atoms with Crippen molar-refractivity contribution in [3.8, 4) is 0 Å². The van der Waals surface area contributed by atoms with Gasteiger partial charge in [-0.05, 0) is 18.3 Å². The molecule has 3 atom stereocenters. The summed E-state index contributed by atoms with van der Waals surface area (Å²) in [5, 5.41) is 2.90. The summed E-state index contributed by atoms with van der Waals surface area (Å²) in [4.78, 5) is 12.0. The average molecular weight is 214 g/mol. The number of carbonyl (C=O) groups is 1. The molecule has 1 rings (SSSR count). The van der Waals surface area contributed by atoms with Gasteiger partial charge in [-0.2, -0.15) is 0 Å². The highest BCUT2D eigenvalue weighted by Gasteiger charge is 2.40. The van der Waals surface area contributed by atoms with Gasteiger partial charge in [0.05, 0.1) is 11.0 Å². The van der Waals surface area contributed by atoms with Gasteiger partial charge in [0.1, 0.15) is 0 Å². The van der Waals surface area contributed by atoms with Crippen molar-refractivity contribution in [2.24, 2.45) is 23.5 Å². The van der Waals surface area contributed by atoms with Crippen molar-refractivity contribution in [2.75, 3.05) is 0 Å². The molecule has 1 amide bonds. The Hall–Kier alpha value is -0.640. The van der Waals surface area contributed by atoms with E-state index < -0.39 is 0 Å². The van der Waals surface area contributed by atoms with Gasteiger partial charge in [0.15, 0.2) is 0 Å².